The number of rotatable bonds is 6. The molecule has 0 fully saturated rings. The molecule has 9 rings (SSSR count). The third-order valence-corrected chi connectivity index (χ3v) is 9.35. The van der Waals surface area contributed by atoms with E-state index in [4.69, 9.17) is 11.8 Å². The molecule has 0 N–H and O–H groups in total. The number of anilines is 7. The minimum Gasteiger partial charge on any atom is -0.512 e. The minimum absolute atomic E-state index is 0. The molecule has 0 atom stereocenters. The first kappa shape index (κ1) is 34.4. The summed E-state index contributed by atoms with van der Waals surface area (Å²) >= 11 is 0. The molecular weight excluding hydrogens is 818 g/mol. The summed E-state index contributed by atoms with van der Waals surface area (Å²) in [5, 5.41) is 6.25. The molecule has 252 valence electrons. The zero-order chi connectivity index (χ0) is 34.7. The average Bonchev–Trinajstić information content (AvgIpc) is 3.77. The van der Waals surface area contributed by atoms with E-state index < -0.39 is 0 Å². The summed E-state index contributed by atoms with van der Waals surface area (Å²) in [7, 11) is 2.09. The van der Waals surface area contributed by atoms with Gasteiger partial charge in [-0.2, -0.15) is 12.7 Å². The summed E-state index contributed by atoms with van der Waals surface area (Å²) in [6.07, 6.45) is 0. The van der Waals surface area contributed by atoms with Crippen LogP contribution in [0.2, 0.25) is 0 Å². The van der Waals surface area contributed by atoms with Gasteiger partial charge < -0.3 is 31.4 Å². The van der Waals surface area contributed by atoms with Crippen LogP contribution < -0.4 is 19.6 Å². The monoisotopic (exact) mass is 850 g/mol. The van der Waals surface area contributed by atoms with Gasteiger partial charge in [0.1, 0.15) is 0 Å². The fourth-order valence-electron chi connectivity index (χ4n) is 7.03. The topological polar surface area (TPSA) is 36.8 Å². The van der Waals surface area contributed by atoms with E-state index in [0.29, 0.717) is 0 Å². The van der Waals surface area contributed by atoms with E-state index in [1.165, 1.54) is 16.8 Å². The summed E-state index contributed by atoms with van der Waals surface area (Å²) in [6.45, 7) is 9.10. The minimum atomic E-state index is 0. The molecular formula is C46H33N5Pt. The summed E-state index contributed by atoms with van der Waals surface area (Å²) in [6, 6.07) is 64.1. The van der Waals surface area contributed by atoms with Gasteiger partial charge in [-0.05, 0) is 65.7 Å². The molecule has 0 aromatic heterocycles. The quantitative estimate of drug-likeness (QED) is 0.156. The van der Waals surface area contributed by atoms with Gasteiger partial charge in [0.15, 0.2) is 0 Å². The predicted molar refractivity (Wildman–Crippen MR) is 209 cm³/mol. The Kier molecular flexibility index (Phi) is 9.94. The first-order valence-corrected chi connectivity index (χ1v) is 16.8. The van der Waals surface area contributed by atoms with E-state index in [1.807, 2.05) is 0 Å². The molecule has 52 heavy (non-hydrogen) atoms. The average molecular weight is 851 g/mol. The Bertz CT molecular complexity index is 2260. The van der Waals surface area contributed by atoms with E-state index in [9.17, 15) is 0 Å². The second kappa shape index (κ2) is 15.0. The van der Waals surface area contributed by atoms with Crippen LogP contribution in [0.1, 0.15) is 0 Å². The Hall–Kier alpha value is -6.08. The van der Waals surface area contributed by atoms with E-state index in [-0.39, 0.29) is 21.1 Å². The molecule has 7 aromatic carbocycles. The summed E-state index contributed by atoms with van der Waals surface area (Å²) in [4.78, 5) is 8.99. The first-order chi connectivity index (χ1) is 25.2. The van der Waals surface area contributed by atoms with Crippen molar-refractivity contribution in [2.75, 3.05) is 26.6 Å². The predicted octanol–water partition coefficient (Wildman–Crippen LogP) is 11.7. The maximum Gasteiger partial charge on any atom is 4.00 e. The molecule has 0 amide bonds. The second-order valence-corrected chi connectivity index (χ2v) is 12.4. The molecule has 2 aliphatic rings. The van der Waals surface area contributed by atoms with Gasteiger partial charge in [-0.3, -0.25) is 0 Å². The van der Waals surface area contributed by atoms with Crippen molar-refractivity contribution in [3.8, 4) is 33.4 Å². The Morgan fingerprint density at radius 2 is 0.846 bits per heavy atom. The number of hydrogen-bond donors (Lipinski definition) is 0. The Balaban J connectivity index is 0.00000138. The van der Waals surface area contributed by atoms with Gasteiger partial charge in [-0.15, -0.1) is 36.2 Å². The molecule has 0 aliphatic carbocycles. The zero-order valence-electron chi connectivity index (χ0n) is 28.4. The van der Waals surface area contributed by atoms with Gasteiger partial charge in [-0.1, -0.05) is 115 Å². The maximum atomic E-state index is 6.25. The molecule has 7 aromatic rings. The molecule has 0 saturated carbocycles. The van der Waals surface area contributed by atoms with Gasteiger partial charge in [0.05, 0.1) is 0 Å². The number of hydrogen-bond acceptors (Lipinski definition) is 5. The zero-order valence-corrected chi connectivity index (χ0v) is 30.6. The molecule has 6 heteroatoms. The van der Waals surface area contributed by atoms with Crippen LogP contribution in [0.3, 0.4) is 0 Å². The molecule has 0 spiro atoms. The smallest absolute Gasteiger partial charge is 0.512 e. The van der Waals surface area contributed by atoms with Crippen molar-refractivity contribution in [1.82, 2.24) is 0 Å². The third kappa shape index (κ3) is 6.23. The van der Waals surface area contributed by atoms with E-state index in [0.717, 1.165) is 56.4 Å². The summed E-state index contributed by atoms with van der Waals surface area (Å²) < 4.78 is 0. The van der Waals surface area contributed by atoms with Crippen LogP contribution in [0.15, 0.2) is 170 Å². The van der Waals surface area contributed by atoms with E-state index in [1.54, 1.807) is 0 Å². The second-order valence-electron chi connectivity index (χ2n) is 12.4. The van der Waals surface area contributed by atoms with Crippen LogP contribution in [0.5, 0.6) is 0 Å². The van der Waals surface area contributed by atoms with Gasteiger partial charge in [0.25, 0.3) is 0 Å². The number of benzene rings is 7. The van der Waals surface area contributed by atoms with Crippen molar-refractivity contribution in [2.24, 2.45) is 0 Å². The van der Waals surface area contributed by atoms with Gasteiger partial charge in [0.2, 0.25) is 0 Å². The molecule has 2 heterocycles. The first-order valence-electron chi connectivity index (χ1n) is 16.8. The standard InChI is InChI=1S/C45H33N4.CN.Pt/c1-46-31-47(42-25-12-11-24-41(42)46)37-22-15-23-38(30-37)48-32-49(44-27-14-13-26-43(44)48)45-39(34-18-7-3-8-19-34)28-36(33-16-5-2-6-17-33)29-40(45)35-20-9-4-10-21-35;1-2;/h2-29,31-32H,1H3;;/q-3;-1;+4. The van der Waals surface area contributed by atoms with Crippen LogP contribution in [0, 0.1) is 31.2 Å². The number of para-hydroxylation sites is 4. The summed E-state index contributed by atoms with van der Waals surface area (Å²) in [5.74, 6) is 0. The molecule has 2 aliphatic heterocycles. The van der Waals surface area contributed by atoms with Crippen molar-refractivity contribution in [2.45, 2.75) is 0 Å². The van der Waals surface area contributed by atoms with Crippen LogP contribution >= 0.6 is 0 Å². The van der Waals surface area contributed by atoms with Gasteiger partial charge >= 0.3 is 21.1 Å². The van der Waals surface area contributed by atoms with Crippen LogP contribution in [0.4, 0.5) is 39.8 Å². The van der Waals surface area contributed by atoms with Crippen LogP contribution in [-0.2, 0) is 21.1 Å². The normalized spacial score (nSPS) is 12.8. The summed E-state index contributed by atoms with van der Waals surface area (Å²) in [5.41, 5.74) is 14.6. The van der Waals surface area contributed by atoms with Crippen molar-refractivity contribution in [3.05, 3.63) is 196 Å². The van der Waals surface area contributed by atoms with Crippen LogP contribution in [0.25, 0.3) is 33.4 Å². The maximum absolute atomic E-state index is 6.25. The van der Waals surface area contributed by atoms with Crippen molar-refractivity contribution >= 4 is 39.8 Å². The van der Waals surface area contributed by atoms with E-state index in [2.05, 4.69) is 216 Å². The Labute approximate surface area is 320 Å². The molecule has 0 saturated heterocycles. The molecule has 5 nitrogen and oxygen atoms in total. The Morgan fingerprint density at radius 1 is 0.442 bits per heavy atom. The van der Waals surface area contributed by atoms with E-state index >= 15 is 0 Å². The SMILES string of the molecule is CN1[CH-]N(c2[c-]c(N3[CH-]N(c4c(-c5ccccc5)cc(-c5ccccc5)cc4-c4ccccc4)c4ccccc43)ccc2)c2ccccc21.[C-]#N.[Pt+4]. The fourth-order valence-corrected chi connectivity index (χ4v) is 7.03. The molecule has 0 radical (unpaired) electrons. The number of fused-ring (bicyclic) bond motifs is 2. The molecule has 0 unspecified atom stereocenters. The van der Waals surface area contributed by atoms with Crippen LogP contribution in [-0.4, -0.2) is 7.05 Å². The van der Waals surface area contributed by atoms with Gasteiger partial charge in [0, 0.05) is 39.6 Å². The third-order valence-electron chi connectivity index (χ3n) is 9.35. The Morgan fingerprint density at radius 3 is 1.37 bits per heavy atom. The largest absolute Gasteiger partial charge is 4.00 e. The van der Waals surface area contributed by atoms with Crippen molar-refractivity contribution in [1.29, 1.82) is 5.26 Å². The van der Waals surface area contributed by atoms with Crippen molar-refractivity contribution in [3.63, 3.8) is 0 Å². The van der Waals surface area contributed by atoms with Crippen molar-refractivity contribution < 1.29 is 21.1 Å². The fraction of sp³-hybridized carbons (Fsp3) is 0.0217. The van der Waals surface area contributed by atoms with Gasteiger partial charge in [-0.25, -0.2) is 0 Å². The molecule has 0 bridgehead atoms. The number of nitrogens with zero attached hydrogens (tertiary/aromatic N) is 5.